The topological polar surface area (TPSA) is 72.7 Å². The number of carbonyl (C=O) groups excluding carboxylic acids is 2. The van der Waals surface area contributed by atoms with Crippen LogP contribution in [0.3, 0.4) is 0 Å². The maximum atomic E-state index is 11.9. The number of pyridine rings is 1. The van der Waals surface area contributed by atoms with Crippen molar-refractivity contribution in [3.63, 3.8) is 0 Å². The molecule has 0 spiro atoms. The molecule has 0 unspecified atom stereocenters. The van der Waals surface area contributed by atoms with Gasteiger partial charge in [-0.3, -0.25) is 4.79 Å². The molecule has 6 heteroatoms. The number of rotatable bonds is 4. The zero-order valence-corrected chi connectivity index (χ0v) is 14.7. The highest BCUT2D eigenvalue weighted by Gasteiger charge is 2.30. The lowest BCUT2D eigenvalue weighted by molar-refractivity contribution is -0.117. The van der Waals surface area contributed by atoms with Gasteiger partial charge in [-0.2, -0.15) is 0 Å². The van der Waals surface area contributed by atoms with Gasteiger partial charge in [-0.25, -0.2) is 9.78 Å². The molecule has 132 valence electrons. The average Bonchev–Trinajstić information content (AvgIpc) is 3.42. The second-order valence-electron chi connectivity index (χ2n) is 6.59. The van der Waals surface area contributed by atoms with Crippen LogP contribution in [0, 0.1) is 12.8 Å². The molecule has 1 N–H and O–H groups in total. The normalized spacial score (nSPS) is 13.6. The number of anilines is 1. The van der Waals surface area contributed by atoms with Crippen molar-refractivity contribution in [1.29, 1.82) is 0 Å². The van der Waals surface area contributed by atoms with E-state index in [4.69, 9.17) is 4.74 Å². The average molecular weight is 349 g/mol. The molecule has 4 rings (SSSR count). The quantitative estimate of drug-likeness (QED) is 0.732. The van der Waals surface area contributed by atoms with Crippen LogP contribution in [0.2, 0.25) is 0 Å². The van der Waals surface area contributed by atoms with Crippen molar-refractivity contribution in [2.24, 2.45) is 5.92 Å². The Morgan fingerprint density at radius 1 is 1.19 bits per heavy atom. The van der Waals surface area contributed by atoms with E-state index in [1.54, 1.807) is 12.3 Å². The molecule has 0 aliphatic heterocycles. The molecule has 0 radical (unpaired) electrons. The number of esters is 1. The summed E-state index contributed by atoms with van der Waals surface area (Å²) in [5.74, 6) is 0.369. The molecule has 1 aliphatic carbocycles. The number of nitrogens with zero attached hydrogens (tertiary/aromatic N) is 2. The summed E-state index contributed by atoms with van der Waals surface area (Å²) in [7, 11) is 1.37. The fraction of sp³-hybridized carbons (Fsp3) is 0.250. The van der Waals surface area contributed by atoms with Crippen LogP contribution in [0.1, 0.15) is 28.8 Å². The molecule has 3 aromatic rings. The Morgan fingerprint density at radius 2 is 2.00 bits per heavy atom. The van der Waals surface area contributed by atoms with Crippen LogP contribution in [-0.4, -0.2) is 28.4 Å². The third-order valence-electron chi connectivity index (χ3n) is 4.62. The van der Waals surface area contributed by atoms with Crippen molar-refractivity contribution in [3.8, 4) is 11.1 Å². The van der Waals surface area contributed by atoms with Gasteiger partial charge in [0.1, 0.15) is 5.65 Å². The number of hydrogen-bond acceptors (Lipinski definition) is 4. The van der Waals surface area contributed by atoms with Gasteiger partial charge in [0.15, 0.2) is 5.82 Å². The van der Waals surface area contributed by atoms with E-state index in [-0.39, 0.29) is 17.8 Å². The zero-order valence-electron chi connectivity index (χ0n) is 14.7. The standard InChI is InChI=1S/C20H19N3O3/c1-12-3-4-14(20(25)26-2)9-16(12)15-7-8-18-21-17(11-23(18)10-15)22-19(24)13-5-6-13/h3-4,7-11,13H,5-6H2,1-2H3,(H,22,24). The van der Waals surface area contributed by atoms with E-state index in [0.717, 1.165) is 35.2 Å². The van der Waals surface area contributed by atoms with E-state index in [1.807, 2.05) is 41.8 Å². The van der Waals surface area contributed by atoms with Crippen molar-refractivity contribution in [1.82, 2.24) is 9.38 Å². The summed E-state index contributed by atoms with van der Waals surface area (Å²) in [5.41, 5.74) is 4.22. The largest absolute Gasteiger partial charge is 0.465 e. The first-order chi connectivity index (χ1) is 12.5. The van der Waals surface area contributed by atoms with Gasteiger partial charge in [-0.1, -0.05) is 6.07 Å². The van der Waals surface area contributed by atoms with Crippen LogP contribution in [0.5, 0.6) is 0 Å². The first-order valence-corrected chi connectivity index (χ1v) is 8.54. The monoisotopic (exact) mass is 349 g/mol. The highest BCUT2D eigenvalue weighted by molar-refractivity contribution is 5.93. The fourth-order valence-electron chi connectivity index (χ4n) is 2.96. The van der Waals surface area contributed by atoms with Gasteiger partial charge in [0, 0.05) is 12.1 Å². The predicted molar refractivity (Wildman–Crippen MR) is 98.1 cm³/mol. The Bertz CT molecular complexity index is 1020. The van der Waals surface area contributed by atoms with Crippen LogP contribution < -0.4 is 5.32 Å². The molecule has 1 aliphatic rings. The summed E-state index contributed by atoms with van der Waals surface area (Å²) in [4.78, 5) is 28.2. The minimum absolute atomic E-state index is 0.0373. The number of methoxy groups -OCH3 is 1. The lowest BCUT2D eigenvalue weighted by Crippen LogP contribution is -2.13. The summed E-state index contributed by atoms with van der Waals surface area (Å²) >= 11 is 0. The van der Waals surface area contributed by atoms with Crippen molar-refractivity contribution in [2.45, 2.75) is 19.8 Å². The predicted octanol–water partition coefficient (Wildman–Crippen LogP) is 3.44. The van der Waals surface area contributed by atoms with Crippen molar-refractivity contribution in [2.75, 3.05) is 12.4 Å². The van der Waals surface area contributed by atoms with Crippen molar-refractivity contribution in [3.05, 3.63) is 53.9 Å². The molecule has 1 saturated carbocycles. The fourth-order valence-corrected chi connectivity index (χ4v) is 2.96. The minimum atomic E-state index is -0.361. The number of imidazole rings is 1. The molecule has 2 heterocycles. The van der Waals surface area contributed by atoms with Gasteiger partial charge >= 0.3 is 5.97 Å². The highest BCUT2D eigenvalue weighted by atomic mass is 16.5. The summed E-state index contributed by atoms with van der Waals surface area (Å²) in [6.07, 6.45) is 5.66. The molecular formula is C20H19N3O3. The maximum absolute atomic E-state index is 11.9. The second-order valence-corrected chi connectivity index (χ2v) is 6.59. The number of aryl methyl sites for hydroxylation is 1. The third kappa shape index (κ3) is 3.06. The summed E-state index contributed by atoms with van der Waals surface area (Å²) < 4.78 is 6.68. The third-order valence-corrected chi connectivity index (χ3v) is 4.62. The highest BCUT2D eigenvalue weighted by Crippen LogP contribution is 2.30. The smallest absolute Gasteiger partial charge is 0.337 e. The van der Waals surface area contributed by atoms with Gasteiger partial charge in [-0.05, 0) is 60.7 Å². The van der Waals surface area contributed by atoms with Crippen molar-refractivity contribution < 1.29 is 14.3 Å². The molecule has 0 saturated heterocycles. The van der Waals surface area contributed by atoms with Gasteiger partial charge in [0.05, 0.1) is 18.9 Å². The molecule has 2 aromatic heterocycles. The van der Waals surface area contributed by atoms with Crippen LogP contribution in [0.25, 0.3) is 16.8 Å². The Labute approximate surface area is 150 Å². The lowest BCUT2D eigenvalue weighted by atomic mass is 9.99. The van der Waals surface area contributed by atoms with E-state index in [0.29, 0.717) is 11.4 Å². The SMILES string of the molecule is COC(=O)c1ccc(C)c(-c2ccc3nc(NC(=O)C4CC4)cn3c2)c1. The Hall–Kier alpha value is -3.15. The molecule has 6 nitrogen and oxygen atoms in total. The molecule has 26 heavy (non-hydrogen) atoms. The van der Waals surface area contributed by atoms with Gasteiger partial charge in [-0.15, -0.1) is 0 Å². The number of nitrogens with one attached hydrogen (secondary N) is 1. The van der Waals surface area contributed by atoms with Gasteiger partial charge in [0.2, 0.25) is 5.91 Å². The molecule has 0 atom stereocenters. The molecular weight excluding hydrogens is 330 g/mol. The number of amides is 1. The number of benzene rings is 1. The number of aromatic nitrogens is 2. The Morgan fingerprint density at radius 3 is 2.73 bits per heavy atom. The molecule has 1 fully saturated rings. The first-order valence-electron chi connectivity index (χ1n) is 8.54. The number of hydrogen-bond donors (Lipinski definition) is 1. The van der Waals surface area contributed by atoms with Crippen LogP contribution in [0.15, 0.2) is 42.7 Å². The summed E-state index contributed by atoms with van der Waals surface area (Å²) in [6, 6.07) is 9.34. The lowest BCUT2D eigenvalue weighted by Gasteiger charge is -2.09. The maximum Gasteiger partial charge on any atom is 0.337 e. The molecule has 0 bridgehead atoms. The van der Waals surface area contributed by atoms with E-state index >= 15 is 0 Å². The minimum Gasteiger partial charge on any atom is -0.465 e. The summed E-state index contributed by atoms with van der Waals surface area (Å²) in [5, 5.41) is 2.86. The van der Waals surface area contributed by atoms with Crippen LogP contribution in [-0.2, 0) is 9.53 Å². The van der Waals surface area contributed by atoms with E-state index in [9.17, 15) is 9.59 Å². The number of ether oxygens (including phenoxy) is 1. The number of fused-ring (bicyclic) bond motifs is 1. The molecule has 1 aromatic carbocycles. The second kappa shape index (κ2) is 6.29. The number of carbonyl (C=O) groups is 2. The summed E-state index contributed by atoms with van der Waals surface area (Å²) in [6.45, 7) is 2.00. The molecule has 1 amide bonds. The van der Waals surface area contributed by atoms with E-state index < -0.39 is 0 Å². The van der Waals surface area contributed by atoms with Crippen LogP contribution in [0.4, 0.5) is 5.82 Å². The van der Waals surface area contributed by atoms with Gasteiger partial charge in [0.25, 0.3) is 0 Å². The van der Waals surface area contributed by atoms with E-state index in [1.165, 1.54) is 7.11 Å². The first kappa shape index (κ1) is 16.3. The van der Waals surface area contributed by atoms with Crippen molar-refractivity contribution >= 4 is 23.3 Å². The Kier molecular flexibility index (Phi) is 3.95. The van der Waals surface area contributed by atoms with E-state index in [2.05, 4.69) is 10.3 Å². The zero-order chi connectivity index (χ0) is 18.3. The van der Waals surface area contributed by atoms with Gasteiger partial charge < -0.3 is 14.5 Å². The van der Waals surface area contributed by atoms with Crippen LogP contribution >= 0.6 is 0 Å². The Balaban J connectivity index is 1.68.